The number of ether oxygens (including phenoxy) is 1. The van der Waals surface area contributed by atoms with Gasteiger partial charge in [0.25, 0.3) is 0 Å². The molecule has 0 aliphatic carbocycles. The lowest BCUT2D eigenvalue weighted by atomic mass is 9.76. The summed E-state index contributed by atoms with van der Waals surface area (Å²) in [6.07, 6.45) is 1.02. The Labute approximate surface area is 122 Å². The third kappa shape index (κ3) is 2.45. The summed E-state index contributed by atoms with van der Waals surface area (Å²) >= 11 is 2.07. The molecule has 3 nitrogen and oxygen atoms in total. The molecule has 3 unspecified atom stereocenters. The molecule has 0 spiro atoms. The third-order valence-electron chi connectivity index (χ3n) is 5.14. The van der Waals surface area contributed by atoms with Crippen molar-refractivity contribution in [3.05, 3.63) is 0 Å². The lowest BCUT2D eigenvalue weighted by molar-refractivity contribution is -0.109. The van der Waals surface area contributed by atoms with Crippen molar-refractivity contribution in [1.29, 1.82) is 0 Å². The molecule has 0 radical (unpaired) electrons. The highest BCUT2D eigenvalue weighted by Crippen LogP contribution is 2.49. The van der Waals surface area contributed by atoms with Gasteiger partial charge in [0.1, 0.15) is 0 Å². The van der Waals surface area contributed by atoms with Crippen molar-refractivity contribution in [3.63, 3.8) is 0 Å². The maximum Gasteiger partial charge on any atom is 0.0830 e. The number of rotatable bonds is 2. The summed E-state index contributed by atoms with van der Waals surface area (Å²) in [5, 5.41) is 0.664. The van der Waals surface area contributed by atoms with Gasteiger partial charge in [-0.15, -0.1) is 0 Å². The molecule has 0 aromatic rings. The van der Waals surface area contributed by atoms with Crippen LogP contribution in [0.1, 0.15) is 48.0 Å². The van der Waals surface area contributed by atoms with E-state index in [0.29, 0.717) is 17.8 Å². The van der Waals surface area contributed by atoms with Crippen LogP contribution in [0.4, 0.5) is 0 Å². The number of nitrogens with two attached hydrogens (primary N) is 1. The van der Waals surface area contributed by atoms with E-state index < -0.39 is 0 Å². The Morgan fingerprint density at radius 3 is 2.37 bits per heavy atom. The van der Waals surface area contributed by atoms with E-state index in [1.807, 2.05) is 0 Å². The van der Waals surface area contributed by atoms with Gasteiger partial charge < -0.3 is 10.5 Å². The van der Waals surface area contributed by atoms with Crippen molar-refractivity contribution in [2.75, 3.05) is 18.8 Å². The first-order valence-electron chi connectivity index (χ1n) is 7.44. The second kappa shape index (κ2) is 4.90. The van der Waals surface area contributed by atoms with Crippen molar-refractivity contribution >= 4 is 11.8 Å². The van der Waals surface area contributed by atoms with Crippen LogP contribution in [-0.4, -0.2) is 51.8 Å². The van der Waals surface area contributed by atoms with E-state index in [-0.39, 0.29) is 16.7 Å². The minimum atomic E-state index is -0.193. The molecule has 2 rings (SSSR count). The fraction of sp³-hybridized carbons (Fsp3) is 1.00. The molecule has 0 aromatic heterocycles. The lowest BCUT2D eigenvalue weighted by Crippen LogP contribution is -2.68. The van der Waals surface area contributed by atoms with Crippen molar-refractivity contribution in [1.82, 2.24) is 4.90 Å². The van der Waals surface area contributed by atoms with Gasteiger partial charge in [-0.2, -0.15) is 11.8 Å². The molecule has 4 heteroatoms. The van der Waals surface area contributed by atoms with E-state index in [1.54, 1.807) is 0 Å². The summed E-state index contributed by atoms with van der Waals surface area (Å²) in [7, 11) is 0. The van der Waals surface area contributed by atoms with Crippen LogP contribution in [0.3, 0.4) is 0 Å². The highest BCUT2D eigenvalue weighted by Gasteiger charge is 2.60. The van der Waals surface area contributed by atoms with Crippen LogP contribution in [-0.2, 0) is 4.74 Å². The zero-order valence-electron chi connectivity index (χ0n) is 13.3. The van der Waals surface area contributed by atoms with Crippen LogP contribution in [0.25, 0.3) is 0 Å². The minimum absolute atomic E-state index is 0.0366. The first-order chi connectivity index (χ1) is 8.65. The second-order valence-corrected chi connectivity index (χ2v) is 8.78. The monoisotopic (exact) mass is 286 g/mol. The van der Waals surface area contributed by atoms with Gasteiger partial charge >= 0.3 is 0 Å². The summed E-state index contributed by atoms with van der Waals surface area (Å²) in [5.41, 5.74) is 5.96. The van der Waals surface area contributed by atoms with Gasteiger partial charge in [-0.25, -0.2) is 0 Å². The molecule has 3 atom stereocenters. The average Bonchev–Trinajstić information content (AvgIpc) is 2.47. The van der Waals surface area contributed by atoms with Crippen LogP contribution in [0.15, 0.2) is 0 Å². The number of hydrogen-bond donors (Lipinski definition) is 1. The van der Waals surface area contributed by atoms with Gasteiger partial charge in [-0.05, 0) is 41.0 Å². The molecule has 0 saturated carbocycles. The van der Waals surface area contributed by atoms with E-state index >= 15 is 0 Å². The zero-order chi connectivity index (χ0) is 14.5. The molecule has 2 aliphatic rings. The maximum atomic E-state index is 6.35. The molecule has 112 valence electrons. The van der Waals surface area contributed by atoms with Crippen molar-refractivity contribution in [3.8, 4) is 0 Å². The first-order valence-corrected chi connectivity index (χ1v) is 8.49. The van der Waals surface area contributed by atoms with Crippen molar-refractivity contribution < 1.29 is 4.74 Å². The Hall–Kier alpha value is 0.230. The summed E-state index contributed by atoms with van der Waals surface area (Å²) in [6.45, 7) is 15.3. The molecule has 2 aliphatic heterocycles. The van der Waals surface area contributed by atoms with Crippen molar-refractivity contribution in [2.24, 2.45) is 5.73 Å². The molecule has 2 saturated heterocycles. The maximum absolute atomic E-state index is 6.35. The predicted molar refractivity (Wildman–Crippen MR) is 83.7 cm³/mol. The molecular weight excluding hydrogens is 256 g/mol. The van der Waals surface area contributed by atoms with Gasteiger partial charge in [0.15, 0.2) is 0 Å². The Kier molecular flexibility index (Phi) is 4.03. The Bertz CT molecular complexity index is 345. The lowest BCUT2D eigenvalue weighted by Gasteiger charge is -2.53. The smallest absolute Gasteiger partial charge is 0.0830 e. The fourth-order valence-corrected chi connectivity index (χ4v) is 5.26. The Morgan fingerprint density at radius 1 is 1.26 bits per heavy atom. The number of nitrogens with zero attached hydrogens (tertiary/aromatic N) is 1. The van der Waals surface area contributed by atoms with Crippen LogP contribution in [0.2, 0.25) is 0 Å². The van der Waals surface area contributed by atoms with Gasteiger partial charge in [0.2, 0.25) is 0 Å². The highest BCUT2D eigenvalue weighted by molar-refractivity contribution is 8.00. The van der Waals surface area contributed by atoms with Gasteiger partial charge in [0, 0.05) is 30.1 Å². The van der Waals surface area contributed by atoms with Crippen LogP contribution >= 0.6 is 11.8 Å². The normalized spacial score (nSPS) is 42.5. The Balaban J connectivity index is 2.37. The number of thioether (sulfide) groups is 1. The predicted octanol–water partition coefficient (Wildman–Crippen LogP) is 2.49. The third-order valence-corrected chi connectivity index (χ3v) is 6.48. The van der Waals surface area contributed by atoms with E-state index in [4.69, 9.17) is 10.5 Å². The van der Waals surface area contributed by atoms with E-state index in [9.17, 15) is 0 Å². The van der Waals surface area contributed by atoms with Crippen LogP contribution < -0.4 is 5.73 Å². The first kappa shape index (κ1) is 15.6. The fourth-order valence-electron chi connectivity index (χ4n) is 4.16. The van der Waals surface area contributed by atoms with Crippen LogP contribution in [0.5, 0.6) is 0 Å². The van der Waals surface area contributed by atoms with Gasteiger partial charge in [-0.1, -0.05) is 6.92 Å². The SMILES string of the molecule is CC1SCCN(C2(CN)CC(C)(C)OC2(C)C)C1C. The molecule has 2 fully saturated rings. The van der Waals surface area contributed by atoms with Crippen molar-refractivity contribution in [2.45, 2.75) is 76.0 Å². The molecule has 0 bridgehead atoms. The van der Waals surface area contributed by atoms with E-state index in [2.05, 4.69) is 58.2 Å². The van der Waals surface area contributed by atoms with E-state index in [1.165, 1.54) is 5.75 Å². The molecule has 2 N–H and O–H groups in total. The largest absolute Gasteiger partial charge is 0.368 e. The van der Waals surface area contributed by atoms with Gasteiger partial charge in [0.05, 0.1) is 16.7 Å². The average molecular weight is 286 g/mol. The topological polar surface area (TPSA) is 38.5 Å². The second-order valence-electron chi connectivity index (χ2n) is 7.29. The zero-order valence-corrected chi connectivity index (χ0v) is 14.1. The van der Waals surface area contributed by atoms with E-state index in [0.717, 1.165) is 13.0 Å². The quantitative estimate of drug-likeness (QED) is 0.846. The Morgan fingerprint density at radius 2 is 1.89 bits per heavy atom. The summed E-state index contributed by atoms with van der Waals surface area (Å²) < 4.78 is 6.35. The molecule has 0 aromatic carbocycles. The molecule has 2 heterocycles. The molecule has 0 amide bonds. The van der Waals surface area contributed by atoms with Gasteiger partial charge in [-0.3, -0.25) is 4.90 Å². The standard InChI is InChI=1S/C15H30N2OS/c1-11-12(2)19-8-7-17(11)15(10-16)9-13(3,4)18-14(15,5)6/h11-12H,7-10,16H2,1-6H3. The molecule has 19 heavy (non-hydrogen) atoms. The highest BCUT2D eigenvalue weighted by atomic mass is 32.2. The summed E-state index contributed by atoms with van der Waals surface area (Å²) in [4.78, 5) is 2.64. The summed E-state index contributed by atoms with van der Waals surface area (Å²) in [5.74, 6) is 1.20. The summed E-state index contributed by atoms with van der Waals surface area (Å²) in [6, 6.07) is 0.555. The number of hydrogen-bond acceptors (Lipinski definition) is 4. The minimum Gasteiger partial charge on any atom is -0.368 e. The van der Waals surface area contributed by atoms with Crippen LogP contribution in [0, 0.1) is 0 Å². The molecular formula is C15H30N2OS.